The predicted molar refractivity (Wildman–Crippen MR) is 107 cm³/mol. The zero-order valence-electron chi connectivity index (χ0n) is 15.4. The number of aryl methyl sites for hydroxylation is 1. The molecule has 0 aromatic heterocycles. The highest BCUT2D eigenvalue weighted by atomic mass is 14.2. The van der Waals surface area contributed by atoms with Crippen LogP contribution in [-0.2, 0) is 6.42 Å². The van der Waals surface area contributed by atoms with E-state index in [0.717, 1.165) is 5.92 Å². The SMILES string of the molecule is CCCCCCC(CCCCCc1ccccc1)c1ccccc1. The Bertz CT molecular complexity index is 514. The van der Waals surface area contributed by atoms with Crippen molar-refractivity contribution in [3.63, 3.8) is 0 Å². The molecule has 0 bridgehead atoms. The Morgan fingerprint density at radius 1 is 0.625 bits per heavy atom. The first-order chi connectivity index (χ1) is 11.9. The van der Waals surface area contributed by atoms with Crippen molar-refractivity contribution >= 4 is 0 Å². The maximum atomic E-state index is 2.33. The van der Waals surface area contributed by atoms with Crippen molar-refractivity contribution in [2.75, 3.05) is 0 Å². The van der Waals surface area contributed by atoms with E-state index in [1.807, 2.05) is 0 Å². The maximum Gasteiger partial charge on any atom is -0.0162 e. The second-order valence-electron chi connectivity index (χ2n) is 7.04. The van der Waals surface area contributed by atoms with Crippen LogP contribution in [0.1, 0.15) is 81.8 Å². The van der Waals surface area contributed by atoms with Crippen molar-refractivity contribution in [2.45, 2.75) is 77.0 Å². The van der Waals surface area contributed by atoms with Crippen LogP contribution in [0.3, 0.4) is 0 Å². The van der Waals surface area contributed by atoms with Gasteiger partial charge in [-0.05, 0) is 42.7 Å². The summed E-state index contributed by atoms with van der Waals surface area (Å²) >= 11 is 0. The van der Waals surface area contributed by atoms with Crippen LogP contribution >= 0.6 is 0 Å². The van der Waals surface area contributed by atoms with E-state index in [0.29, 0.717) is 0 Å². The molecule has 0 spiro atoms. The van der Waals surface area contributed by atoms with Gasteiger partial charge in [-0.2, -0.15) is 0 Å². The van der Waals surface area contributed by atoms with E-state index in [1.54, 1.807) is 5.56 Å². The molecule has 1 atom stereocenters. The van der Waals surface area contributed by atoms with Gasteiger partial charge in [-0.15, -0.1) is 0 Å². The molecule has 0 aliphatic heterocycles. The van der Waals surface area contributed by atoms with Crippen LogP contribution in [0, 0.1) is 0 Å². The summed E-state index contributed by atoms with van der Waals surface area (Å²) < 4.78 is 0. The van der Waals surface area contributed by atoms with Gasteiger partial charge in [0, 0.05) is 0 Å². The Hall–Kier alpha value is -1.56. The molecule has 24 heavy (non-hydrogen) atoms. The Labute approximate surface area is 149 Å². The largest absolute Gasteiger partial charge is 0.0654 e. The van der Waals surface area contributed by atoms with Gasteiger partial charge in [0.1, 0.15) is 0 Å². The van der Waals surface area contributed by atoms with Gasteiger partial charge >= 0.3 is 0 Å². The number of unbranched alkanes of at least 4 members (excludes halogenated alkanes) is 5. The monoisotopic (exact) mass is 322 g/mol. The molecule has 0 amide bonds. The summed E-state index contributed by atoms with van der Waals surface area (Å²) in [6.07, 6.45) is 13.5. The number of hydrogen-bond donors (Lipinski definition) is 0. The van der Waals surface area contributed by atoms with Crippen molar-refractivity contribution < 1.29 is 0 Å². The summed E-state index contributed by atoms with van der Waals surface area (Å²) in [4.78, 5) is 0. The molecular weight excluding hydrogens is 288 g/mol. The average molecular weight is 323 g/mol. The summed E-state index contributed by atoms with van der Waals surface area (Å²) in [5.74, 6) is 0.764. The van der Waals surface area contributed by atoms with Crippen molar-refractivity contribution in [1.29, 1.82) is 0 Å². The lowest BCUT2D eigenvalue weighted by atomic mass is 9.88. The first kappa shape index (κ1) is 18.8. The van der Waals surface area contributed by atoms with Gasteiger partial charge in [-0.1, -0.05) is 106 Å². The highest BCUT2D eigenvalue weighted by Gasteiger charge is 2.10. The van der Waals surface area contributed by atoms with Gasteiger partial charge < -0.3 is 0 Å². The van der Waals surface area contributed by atoms with Crippen LogP contribution in [0.5, 0.6) is 0 Å². The Morgan fingerprint density at radius 2 is 1.21 bits per heavy atom. The third-order valence-electron chi connectivity index (χ3n) is 5.04. The van der Waals surface area contributed by atoms with Crippen LogP contribution in [0.25, 0.3) is 0 Å². The summed E-state index contributed by atoms with van der Waals surface area (Å²) in [7, 11) is 0. The molecular formula is C24H34. The molecule has 0 aliphatic carbocycles. The van der Waals surface area contributed by atoms with Crippen LogP contribution in [0.15, 0.2) is 60.7 Å². The molecule has 0 saturated carbocycles. The molecule has 2 aromatic carbocycles. The fourth-order valence-corrected chi connectivity index (χ4v) is 3.56. The number of benzene rings is 2. The zero-order valence-corrected chi connectivity index (χ0v) is 15.4. The minimum atomic E-state index is 0.764. The van der Waals surface area contributed by atoms with Gasteiger partial charge in [0.2, 0.25) is 0 Å². The Kier molecular flexibility index (Phi) is 9.31. The zero-order chi connectivity index (χ0) is 16.9. The van der Waals surface area contributed by atoms with Crippen LogP contribution in [0.2, 0.25) is 0 Å². The standard InChI is InChI=1S/C24H34/c1-2-3-4-11-18-23(24-20-13-7-14-21-24)19-12-6-10-17-22-15-8-5-9-16-22/h5,7-9,13-16,20-21,23H,2-4,6,10-12,17-19H2,1H3. The number of hydrogen-bond acceptors (Lipinski definition) is 0. The Morgan fingerprint density at radius 3 is 1.83 bits per heavy atom. The van der Waals surface area contributed by atoms with Crippen molar-refractivity contribution in [3.8, 4) is 0 Å². The molecule has 0 heteroatoms. The molecule has 1 unspecified atom stereocenters. The summed E-state index contributed by atoms with van der Waals surface area (Å²) in [5, 5.41) is 0. The van der Waals surface area contributed by atoms with E-state index in [9.17, 15) is 0 Å². The van der Waals surface area contributed by atoms with Gasteiger partial charge in [0.05, 0.1) is 0 Å². The molecule has 130 valence electrons. The topological polar surface area (TPSA) is 0 Å². The highest BCUT2D eigenvalue weighted by Crippen LogP contribution is 2.28. The molecule has 0 saturated heterocycles. The normalized spacial score (nSPS) is 12.2. The molecule has 0 N–H and O–H groups in total. The van der Waals surface area contributed by atoms with Gasteiger partial charge in [-0.25, -0.2) is 0 Å². The van der Waals surface area contributed by atoms with E-state index < -0.39 is 0 Å². The van der Waals surface area contributed by atoms with E-state index in [2.05, 4.69) is 67.6 Å². The van der Waals surface area contributed by atoms with Gasteiger partial charge in [-0.3, -0.25) is 0 Å². The predicted octanol–water partition coefficient (Wildman–Crippen LogP) is 7.54. The second-order valence-corrected chi connectivity index (χ2v) is 7.04. The minimum Gasteiger partial charge on any atom is -0.0654 e. The lowest BCUT2D eigenvalue weighted by Gasteiger charge is -2.17. The molecule has 0 fully saturated rings. The van der Waals surface area contributed by atoms with Crippen LogP contribution in [-0.4, -0.2) is 0 Å². The third kappa shape index (κ3) is 7.34. The Balaban J connectivity index is 1.71. The lowest BCUT2D eigenvalue weighted by Crippen LogP contribution is -2.00. The van der Waals surface area contributed by atoms with Gasteiger partial charge in [0.25, 0.3) is 0 Å². The van der Waals surface area contributed by atoms with Crippen molar-refractivity contribution in [2.24, 2.45) is 0 Å². The molecule has 0 radical (unpaired) electrons. The van der Waals surface area contributed by atoms with E-state index in [1.165, 1.54) is 69.8 Å². The molecule has 0 aliphatic rings. The van der Waals surface area contributed by atoms with E-state index in [4.69, 9.17) is 0 Å². The summed E-state index contributed by atoms with van der Waals surface area (Å²) in [6, 6.07) is 22.1. The molecule has 2 aromatic rings. The van der Waals surface area contributed by atoms with Crippen molar-refractivity contribution in [1.82, 2.24) is 0 Å². The molecule has 0 heterocycles. The smallest absolute Gasteiger partial charge is 0.0162 e. The number of rotatable bonds is 12. The van der Waals surface area contributed by atoms with Crippen molar-refractivity contribution in [3.05, 3.63) is 71.8 Å². The van der Waals surface area contributed by atoms with Crippen LogP contribution < -0.4 is 0 Å². The second kappa shape index (κ2) is 11.9. The van der Waals surface area contributed by atoms with E-state index >= 15 is 0 Å². The van der Waals surface area contributed by atoms with Crippen LogP contribution in [0.4, 0.5) is 0 Å². The fourth-order valence-electron chi connectivity index (χ4n) is 3.56. The fraction of sp³-hybridized carbons (Fsp3) is 0.500. The molecule has 2 rings (SSSR count). The summed E-state index contributed by atoms with van der Waals surface area (Å²) in [5.41, 5.74) is 3.04. The molecule has 0 nitrogen and oxygen atoms in total. The minimum absolute atomic E-state index is 0.764. The summed E-state index contributed by atoms with van der Waals surface area (Å²) in [6.45, 7) is 2.29. The first-order valence-electron chi connectivity index (χ1n) is 9.99. The maximum absolute atomic E-state index is 2.33. The quantitative estimate of drug-likeness (QED) is 0.354. The van der Waals surface area contributed by atoms with Gasteiger partial charge in [0.15, 0.2) is 0 Å². The first-order valence-corrected chi connectivity index (χ1v) is 9.99. The van der Waals surface area contributed by atoms with E-state index in [-0.39, 0.29) is 0 Å². The third-order valence-corrected chi connectivity index (χ3v) is 5.04. The lowest BCUT2D eigenvalue weighted by molar-refractivity contribution is 0.497. The average Bonchev–Trinajstić information content (AvgIpc) is 2.65. The highest BCUT2D eigenvalue weighted by molar-refractivity contribution is 5.19.